The number of rotatable bonds is 2. The molecule has 0 bridgehead atoms. The Hall–Kier alpha value is -1.83. The smallest absolute Gasteiger partial charge is 0.417 e. The topological polar surface area (TPSA) is 60.2 Å². The fraction of sp³-hybridized carbons (Fsp3) is 0.182. The predicted molar refractivity (Wildman–Crippen MR) is 60.1 cm³/mol. The van der Waals surface area contributed by atoms with Gasteiger partial charge in [0.1, 0.15) is 0 Å². The van der Waals surface area contributed by atoms with E-state index in [0.717, 1.165) is 18.5 Å². The molecule has 4 nitrogen and oxygen atoms in total. The first-order valence-electron chi connectivity index (χ1n) is 5.02. The molecule has 2 aromatic rings. The lowest BCUT2D eigenvalue weighted by molar-refractivity contribution is -0.137. The van der Waals surface area contributed by atoms with Crippen LogP contribution in [0, 0.1) is 0 Å². The highest BCUT2D eigenvalue weighted by atomic mass is 32.2. The van der Waals surface area contributed by atoms with Crippen LogP contribution in [0.5, 0.6) is 0 Å². The average molecular weight is 291 g/mol. The van der Waals surface area contributed by atoms with Gasteiger partial charge in [0.2, 0.25) is 9.84 Å². The summed E-state index contributed by atoms with van der Waals surface area (Å²) in [7, 11) is -3.70. The van der Waals surface area contributed by atoms with E-state index in [9.17, 15) is 21.6 Å². The van der Waals surface area contributed by atoms with Gasteiger partial charge in [0.25, 0.3) is 0 Å². The van der Waals surface area contributed by atoms with Gasteiger partial charge in [-0.15, -0.1) is 0 Å². The number of oxazole rings is 1. The van der Waals surface area contributed by atoms with E-state index in [0.29, 0.717) is 0 Å². The lowest BCUT2D eigenvalue weighted by atomic mass is 10.1. The molecule has 0 N–H and O–H groups in total. The molecule has 1 heterocycles. The van der Waals surface area contributed by atoms with Crippen LogP contribution in [0.15, 0.2) is 40.1 Å². The second kappa shape index (κ2) is 4.37. The number of hydrogen-bond donors (Lipinski definition) is 0. The fourth-order valence-electron chi connectivity index (χ4n) is 1.50. The summed E-state index contributed by atoms with van der Waals surface area (Å²) in [6.45, 7) is 0. The van der Waals surface area contributed by atoms with Gasteiger partial charge in [0, 0.05) is 11.8 Å². The molecule has 0 aliphatic carbocycles. The van der Waals surface area contributed by atoms with Crippen molar-refractivity contribution in [1.29, 1.82) is 0 Å². The Morgan fingerprint density at radius 3 is 2.37 bits per heavy atom. The maximum absolute atomic E-state index is 12.8. The number of aromatic nitrogens is 1. The number of alkyl halides is 3. The molecule has 0 fully saturated rings. The van der Waals surface area contributed by atoms with E-state index in [1.807, 2.05) is 0 Å². The van der Waals surface area contributed by atoms with Crippen LogP contribution in [-0.4, -0.2) is 19.7 Å². The molecule has 102 valence electrons. The van der Waals surface area contributed by atoms with Gasteiger partial charge >= 0.3 is 11.4 Å². The number of hydrogen-bond acceptors (Lipinski definition) is 4. The van der Waals surface area contributed by atoms with Crippen LogP contribution in [-0.2, 0) is 16.0 Å². The van der Waals surface area contributed by atoms with Crippen LogP contribution in [0.4, 0.5) is 13.2 Å². The zero-order valence-corrected chi connectivity index (χ0v) is 10.4. The second-order valence-corrected chi connectivity index (χ2v) is 5.70. The normalized spacial score (nSPS) is 12.6. The molecular formula is C11H8F3NO3S. The van der Waals surface area contributed by atoms with Crippen molar-refractivity contribution in [2.75, 3.05) is 6.26 Å². The van der Waals surface area contributed by atoms with E-state index >= 15 is 0 Å². The number of benzene rings is 1. The van der Waals surface area contributed by atoms with Gasteiger partial charge in [-0.3, -0.25) is 0 Å². The quantitative estimate of drug-likeness (QED) is 0.853. The van der Waals surface area contributed by atoms with Gasteiger partial charge in [0.05, 0.1) is 11.8 Å². The van der Waals surface area contributed by atoms with Crippen molar-refractivity contribution in [2.45, 2.75) is 11.4 Å². The minimum atomic E-state index is -4.56. The average Bonchev–Trinajstić information content (AvgIpc) is 2.76. The van der Waals surface area contributed by atoms with E-state index in [4.69, 9.17) is 4.42 Å². The SMILES string of the molecule is CS(=O)(=O)c1ncc(-c2ccccc2C(F)(F)F)o1. The van der Waals surface area contributed by atoms with Crippen molar-refractivity contribution in [3.63, 3.8) is 0 Å². The Bertz CT molecular complexity index is 704. The van der Waals surface area contributed by atoms with Crippen molar-refractivity contribution in [1.82, 2.24) is 4.98 Å². The Morgan fingerprint density at radius 2 is 1.84 bits per heavy atom. The molecule has 0 saturated carbocycles. The Labute approximate surface area is 106 Å². The van der Waals surface area contributed by atoms with Gasteiger partial charge in [-0.05, 0) is 6.07 Å². The first-order valence-corrected chi connectivity index (χ1v) is 6.91. The summed E-state index contributed by atoms with van der Waals surface area (Å²) in [5.41, 5.74) is -1.16. The molecule has 0 spiro atoms. The molecule has 0 radical (unpaired) electrons. The molecule has 1 aromatic heterocycles. The number of sulfone groups is 1. The highest BCUT2D eigenvalue weighted by Gasteiger charge is 2.34. The van der Waals surface area contributed by atoms with E-state index in [2.05, 4.69) is 4.98 Å². The van der Waals surface area contributed by atoms with E-state index in [1.54, 1.807) is 0 Å². The van der Waals surface area contributed by atoms with Crippen LogP contribution in [0.3, 0.4) is 0 Å². The summed E-state index contributed by atoms with van der Waals surface area (Å²) in [6.07, 6.45) is -2.74. The summed E-state index contributed by atoms with van der Waals surface area (Å²) in [5, 5.41) is -0.612. The third kappa shape index (κ3) is 2.78. The van der Waals surface area contributed by atoms with Crippen molar-refractivity contribution < 1.29 is 26.0 Å². The van der Waals surface area contributed by atoms with Gasteiger partial charge in [0.15, 0.2) is 5.76 Å². The first-order chi connectivity index (χ1) is 8.69. The summed E-state index contributed by atoms with van der Waals surface area (Å²) in [5.74, 6) is -0.242. The molecule has 8 heteroatoms. The number of nitrogens with zero attached hydrogens (tertiary/aromatic N) is 1. The summed E-state index contributed by atoms with van der Waals surface area (Å²) < 4.78 is 65.6. The Balaban J connectivity index is 2.58. The van der Waals surface area contributed by atoms with E-state index < -0.39 is 26.8 Å². The van der Waals surface area contributed by atoms with Crippen LogP contribution < -0.4 is 0 Å². The summed E-state index contributed by atoms with van der Waals surface area (Å²) in [4.78, 5) is 3.47. The zero-order valence-electron chi connectivity index (χ0n) is 9.60. The molecule has 1 aromatic carbocycles. The van der Waals surface area contributed by atoms with Gasteiger partial charge < -0.3 is 4.42 Å². The minimum absolute atomic E-state index is 0.242. The van der Waals surface area contributed by atoms with Gasteiger partial charge in [-0.1, -0.05) is 18.2 Å². The fourth-order valence-corrected chi connectivity index (χ4v) is 1.98. The highest BCUT2D eigenvalue weighted by Crippen LogP contribution is 2.37. The van der Waals surface area contributed by atoms with Crippen molar-refractivity contribution in [3.8, 4) is 11.3 Å². The molecule has 0 aliphatic rings. The summed E-state index contributed by atoms with van der Waals surface area (Å²) >= 11 is 0. The maximum atomic E-state index is 12.8. The van der Waals surface area contributed by atoms with Gasteiger partial charge in [-0.25, -0.2) is 13.4 Å². The minimum Gasteiger partial charge on any atom is -0.428 e. The molecule has 19 heavy (non-hydrogen) atoms. The molecule has 0 saturated heterocycles. The second-order valence-electron chi connectivity index (χ2n) is 3.81. The zero-order chi connectivity index (χ0) is 14.3. The largest absolute Gasteiger partial charge is 0.428 e. The van der Waals surface area contributed by atoms with Gasteiger partial charge in [-0.2, -0.15) is 13.2 Å². The van der Waals surface area contributed by atoms with Crippen molar-refractivity contribution >= 4 is 9.84 Å². The molecule has 0 amide bonds. The predicted octanol–water partition coefficient (Wildman–Crippen LogP) is 2.76. The molecule has 0 atom stereocenters. The Morgan fingerprint density at radius 1 is 1.21 bits per heavy atom. The van der Waals surface area contributed by atoms with Crippen LogP contribution in [0.2, 0.25) is 0 Å². The van der Waals surface area contributed by atoms with Crippen LogP contribution in [0.1, 0.15) is 5.56 Å². The van der Waals surface area contributed by atoms with E-state index in [-0.39, 0.29) is 11.3 Å². The van der Waals surface area contributed by atoms with Crippen molar-refractivity contribution in [2.24, 2.45) is 0 Å². The third-order valence-electron chi connectivity index (χ3n) is 2.30. The van der Waals surface area contributed by atoms with Crippen LogP contribution >= 0.6 is 0 Å². The molecule has 0 aliphatic heterocycles. The molecule has 0 unspecified atom stereocenters. The van der Waals surface area contributed by atoms with Crippen LogP contribution in [0.25, 0.3) is 11.3 Å². The summed E-state index contributed by atoms with van der Waals surface area (Å²) in [6, 6.07) is 4.71. The third-order valence-corrected chi connectivity index (χ3v) is 3.12. The Kier molecular flexibility index (Phi) is 3.13. The highest BCUT2D eigenvalue weighted by molar-refractivity contribution is 7.90. The molecular weight excluding hydrogens is 283 g/mol. The lowest BCUT2D eigenvalue weighted by Gasteiger charge is -2.10. The van der Waals surface area contributed by atoms with Crippen molar-refractivity contribution in [3.05, 3.63) is 36.0 Å². The molecule has 2 rings (SSSR count). The first kappa shape index (κ1) is 13.6. The maximum Gasteiger partial charge on any atom is 0.417 e. The number of halogens is 3. The van der Waals surface area contributed by atoms with E-state index in [1.165, 1.54) is 18.2 Å². The lowest BCUT2D eigenvalue weighted by Crippen LogP contribution is -2.06. The standard InChI is InChI=1S/C11H8F3NO3S/c1-19(16,17)10-15-6-9(18-10)7-4-2-3-5-8(7)11(12,13)14/h2-6H,1H3. The monoisotopic (exact) mass is 291 g/mol.